The molecule has 0 aliphatic heterocycles. The Morgan fingerprint density at radius 3 is 1.91 bits per heavy atom. The first-order valence-corrected chi connectivity index (χ1v) is 17.7. The molecule has 56 heavy (non-hydrogen) atoms. The fourth-order valence-corrected chi connectivity index (χ4v) is 5.34. The summed E-state index contributed by atoms with van der Waals surface area (Å²) in [6.45, 7) is 0.726. The van der Waals surface area contributed by atoms with E-state index in [1.54, 1.807) is 30.3 Å². The van der Waals surface area contributed by atoms with Crippen LogP contribution in [-0.2, 0) is 46.4 Å². The van der Waals surface area contributed by atoms with Crippen LogP contribution in [0.25, 0.3) is 0 Å². The lowest BCUT2D eigenvalue weighted by atomic mass is 9.75. The van der Waals surface area contributed by atoms with Crippen molar-refractivity contribution >= 4 is 54.5 Å². The number of carboxylic acid groups (broad SMARTS) is 1. The van der Waals surface area contributed by atoms with Crippen LogP contribution in [0.5, 0.6) is 5.75 Å². The molecular formula is C35H50BN9O11. The Morgan fingerprint density at radius 1 is 0.732 bits per heavy atom. The second-order valence-electron chi connectivity index (χ2n) is 13.0. The number of benzene rings is 2. The number of nitrogens with two attached hydrogens (primary N) is 3. The average Bonchev–Trinajstić information content (AvgIpc) is 3.13. The van der Waals surface area contributed by atoms with Gasteiger partial charge in [0.25, 0.3) is 0 Å². The predicted octanol–water partition coefficient (Wildman–Crippen LogP) is -3.25. The zero-order valence-electron chi connectivity index (χ0n) is 30.9. The second-order valence-corrected chi connectivity index (χ2v) is 13.0. The number of aliphatic imine (C=N–C) groups is 1. The first-order chi connectivity index (χ1) is 26.4. The molecule has 20 nitrogen and oxygen atoms in total. The van der Waals surface area contributed by atoms with Crippen LogP contribution in [0, 0.1) is 5.92 Å². The van der Waals surface area contributed by atoms with Crippen molar-refractivity contribution in [2.75, 3.05) is 13.1 Å². The number of hydrogen-bond acceptors (Lipinski definition) is 11. The maximum absolute atomic E-state index is 13.6. The van der Waals surface area contributed by atoms with Gasteiger partial charge in [-0.2, -0.15) is 0 Å². The van der Waals surface area contributed by atoms with Crippen molar-refractivity contribution in [2.24, 2.45) is 28.1 Å². The third-order valence-corrected chi connectivity index (χ3v) is 8.27. The molecule has 0 bridgehead atoms. The van der Waals surface area contributed by atoms with Crippen LogP contribution in [0.3, 0.4) is 0 Å². The number of hydrogen-bond donors (Lipinski definition) is 12. The largest absolute Gasteiger partial charge is 0.508 e. The zero-order valence-corrected chi connectivity index (χ0v) is 30.9. The van der Waals surface area contributed by atoms with Gasteiger partial charge in [-0.25, -0.2) is 4.79 Å². The molecule has 5 atom stereocenters. The van der Waals surface area contributed by atoms with E-state index >= 15 is 0 Å². The van der Waals surface area contributed by atoms with Crippen molar-refractivity contribution in [3.8, 4) is 5.75 Å². The molecule has 21 heteroatoms. The summed E-state index contributed by atoms with van der Waals surface area (Å²) in [5.41, 5.74) is 17.3. The SMILES string of the molecule is C[C@H](NC(=O)[C@H](CCC(N)=O)NC(=O)[C@H](CCCN=C(N)N)NC(=O)CNC(=O)C(CB(O)O)Cc1ccccc1)C(=O)N[C@@H](Cc1ccc(O)cc1)C(=O)O. The fourth-order valence-electron chi connectivity index (χ4n) is 5.34. The van der Waals surface area contributed by atoms with E-state index in [0.29, 0.717) is 5.56 Å². The highest BCUT2D eigenvalue weighted by Crippen LogP contribution is 2.15. The average molecular weight is 784 g/mol. The lowest BCUT2D eigenvalue weighted by Gasteiger charge is -2.25. The van der Waals surface area contributed by atoms with Gasteiger partial charge in [-0.3, -0.25) is 33.8 Å². The molecular weight excluding hydrogens is 733 g/mol. The maximum Gasteiger partial charge on any atom is 0.452 e. The van der Waals surface area contributed by atoms with Gasteiger partial charge in [0.15, 0.2) is 5.96 Å². The Bertz CT molecular complexity index is 1680. The maximum atomic E-state index is 13.6. The van der Waals surface area contributed by atoms with Gasteiger partial charge in [0.1, 0.15) is 29.9 Å². The van der Waals surface area contributed by atoms with E-state index < -0.39 is 85.2 Å². The topological polar surface area (TPSA) is 351 Å². The molecule has 15 N–H and O–H groups in total. The molecule has 0 aliphatic rings. The highest BCUT2D eigenvalue weighted by Gasteiger charge is 2.31. The fraction of sp³-hybridized carbons (Fsp3) is 0.429. The van der Waals surface area contributed by atoms with Crippen molar-refractivity contribution in [3.63, 3.8) is 0 Å². The quantitative estimate of drug-likeness (QED) is 0.0216. The molecule has 0 heterocycles. The summed E-state index contributed by atoms with van der Waals surface area (Å²) in [5.74, 6) is -7.49. The van der Waals surface area contributed by atoms with E-state index in [1.807, 2.05) is 0 Å². The Labute approximate surface area is 323 Å². The molecule has 2 aromatic carbocycles. The number of guanidine groups is 1. The molecule has 0 saturated carbocycles. The molecule has 0 fully saturated rings. The normalized spacial score (nSPS) is 13.3. The number of carbonyl (C=O) groups excluding carboxylic acids is 6. The lowest BCUT2D eigenvalue weighted by molar-refractivity contribution is -0.142. The first kappa shape index (κ1) is 45.9. The number of rotatable bonds is 24. The number of carbonyl (C=O) groups is 7. The summed E-state index contributed by atoms with van der Waals surface area (Å²) in [4.78, 5) is 93.2. The molecule has 0 radical (unpaired) electrons. The monoisotopic (exact) mass is 783 g/mol. The number of primary amides is 1. The van der Waals surface area contributed by atoms with Crippen molar-refractivity contribution in [1.82, 2.24) is 26.6 Å². The van der Waals surface area contributed by atoms with Crippen LogP contribution in [0.1, 0.15) is 43.7 Å². The minimum Gasteiger partial charge on any atom is -0.508 e. The van der Waals surface area contributed by atoms with Crippen molar-refractivity contribution in [3.05, 3.63) is 65.7 Å². The Balaban J connectivity index is 2.15. The standard InChI is InChI=1S/C35H50BN9O11/c1-20(30(49)45-27(34(53)54)17-22-9-11-24(46)12-10-22)42-32(51)26(13-14-28(37)47)44-33(52)25(8-5-15-40-35(38)39)43-29(48)19-41-31(50)23(18-36(55)56)16-21-6-3-2-4-7-21/h2-4,6-7,9-12,20,23,25-27,46,55-56H,5,8,13-19H2,1H3,(H2,37,47)(H,41,50)(H,42,51)(H,43,48)(H,44,52)(H,45,49)(H,53,54)(H4,38,39,40)/t20-,23?,25-,26-,27-/m0/s1. The van der Waals surface area contributed by atoms with Crippen LogP contribution >= 0.6 is 0 Å². The van der Waals surface area contributed by atoms with Gasteiger partial charge in [0.2, 0.25) is 35.4 Å². The highest BCUT2D eigenvalue weighted by molar-refractivity contribution is 6.41. The second kappa shape index (κ2) is 23.5. The number of nitrogens with zero attached hydrogens (tertiary/aromatic N) is 1. The van der Waals surface area contributed by atoms with Gasteiger partial charge in [0, 0.05) is 25.3 Å². The summed E-state index contributed by atoms with van der Waals surface area (Å²) >= 11 is 0. The van der Waals surface area contributed by atoms with E-state index in [9.17, 15) is 53.8 Å². The third kappa shape index (κ3) is 17.7. The number of phenols is 1. The van der Waals surface area contributed by atoms with Gasteiger partial charge in [0.05, 0.1) is 6.54 Å². The van der Waals surface area contributed by atoms with Gasteiger partial charge in [-0.1, -0.05) is 42.5 Å². The number of aliphatic carboxylic acids is 1. The van der Waals surface area contributed by atoms with Gasteiger partial charge in [-0.15, -0.1) is 0 Å². The lowest BCUT2D eigenvalue weighted by Crippen LogP contribution is -2.57. The van der Waals surface area contributed by atoms with Crippen LogP contribution < -0.4 is 43.8 Å². The van der Waals surface area contributed by atoms with E-state index in [2.05, 4.69) is 31.6 Å². The molecule has 0 aliphatic carbocycles. The summed E-state index contributed by atoms with van der Waals surface area (Å²) in [7, 11) is -1.79. The van der Waals surface area contributed by atoms with Crippen LogP contribution in [0.15, 0.2) is 59.6 Å². The predicted molar refractivity (Wildman–Crippen MR) is 203 cm³/mol. The summed E-state index contributed by atoms with van der Waals surface area (Å²) in [5, 5.41) is 50.3. The van der Waals surface area contributed by atoms with Crippen molar-refractivity contribution < 1.29 is 53.8 Å². The number of phenolic OH excluding ortho intramolecular Hbond substituents is 1. The molecule has 6 amide bonds. The summed E-state index contributed by atoms with van der Waals surface area (Å²) < 4.78 is 0. The minimum atomic E-state index is -1.79. The van der Waals surface area contributed by atoms with Crippen LogP contribution in [-0.4, -0.2) is 112 Å². The number of nitrogens with one attached hydrogen (secondary N) is 5. The van der Waals surface area contributed by atoms with E-state index in [0.717, 1.165) is 5.56 Å². The summed E-state index contributed by atoms with van der Waals surface area (Å²) in [6.07, 6.45) is -0.878. The van der Waals surface area contributed by atoms with Gasteiger partial charge in [-0.05, 0) is 62.2 Å². The van der Waals surface area contributed by atoms with E-state index in [1.165, 1.54) is 31.2 Å². The zero-order chi connectivity index (χ0) is 41.8. The Morgan fingerprint density at radius 2 is 1.32 bits per heavy atom. The van der Waals surface area contributed by atoms with Gasteiger partial charge < -0.3 is 64.0 Å². The molecule has 2 rings (SSSR count). The van der Waals surface area contributed by atoms with Crippen molar-refractivity contribution in [1.29, 1.82) is 0 Å². The number of aromatic hydroxyl groups is 1. The number of amides is 6. The molecule has 304 valence electrons. The number of carboxylic acids is 1. The molecule has 0 spiro atoms. The van der Waals surface area contributed by atoms with E-state index in [4.69, 9.17) is 17.2 Å². The molecule has 0 aromatic heterocycles. The van der Waals surface area contributed by atoms with E-state index in [-0.39, 0.29) is 63.1 Å². The molecule has 1 unspecified atom stereocenters. The smallest absolute Gasteiger partial charge is 0.452 e. The Hall–Kier alpha value is -6.22. The Kier molecular flexibility index (Phi) is 19.3. The highest BCUT2D eigenvalue weighted by atomic mass is 16.4. The van der Waals surface area contributed by atoms with Crippen LogP contribution in [0.4, 0.5) is 0 Å². The van der Waals surface area contributed by atoms with Gasteiger partial charge >= 0.3 is 13.1 Å². The molecule has 0 saturated heterocycles. The summed E-state index contributed by atoms with van der Waals surface area (Å²) in [6, 6.07) is 8.96. The minimum absolute atomic E-state index is 0.0347. The third-order valence-electron chi connectivity index (χ3n) is 8.27. The van der Waals surface area contributed by atoms with Crippen LogP contribution in [0.2, 0.25) is 6.32 Å². The first-order valence-electron chi connectivity index (χ1n) is 17.7. The van der Waals surface area contributed by atoms with Crippen molar-refractivity contribution in [2.45, 2.75) is 75.9 Å². The molecule has 2 aromatic rings.